The van der Waals surface area contributed by atoms with E-state index in [9.17, 15) is 0 Å². The molecule has 0 saturated heterocycles. The highest BCUT2D eigenvalue weighted by molar-refractivity contribution is 6.18. The number of benzene rings is 6. The van der Waals surface area contributed by atoms with Crippen LogP contribution in [0.4, 0.5) is 0 Å². The zero-order valence-corrected chi connectivity index (χ0v) is 20.2. The van der Waals surface area contributed by atoms with Gasteiger partial charge in [0, 0.05) is 16.3 Å². The summed E-state index contributed by atoms with van der Waals surface area (Å²) in [6, 6.07) is 50.6. The Balaban J connectivity index is 1.54. The number of hydrogen-bond donors (Lipinski definition) is 0. The molecule has 1 aliphatic rings. The van der Waals surface area contributed by atoms with E-state index in [2.05, 4.69) is 144 Å². The van der Waals surface area contributed by atoms with Crippen molar-refractivity contribution in [3.63, 3.8) is 0 Å². The molecule has 0 aliphatic heterocycles. The van der Waals surface area contributed by atoms with Crippen LogP contribution in [0.3, 0.4) is 0 Å². The average Bonchev–Trinajstić information content (AvgIpc) is 3.49. The van der Waals surface area contributed by atoms with Crippen LogP contribution < -0.4 is 0 Å². The Morgan fingerprint density at radius 1 is 0.378 bits per heavy atom. The second-order valence-corrected chi connectivity index (χ2v) is 9.71. The summed E-state index contributed by atoms with van der Waals surface area (Å²) in [6.07, 6.45) is 0. The third kappa shape index (κ3) is 2.86. The van der Waals surface area contributed by atoms with Crippen molar-refractivity contribution in [3.05, 3.63) is 140 Å². The lowest BCUT2D eigenvalue weighted by Gasteiger charge is -2.16. The SMILES string of the molecule is c1ccc(-c2c(-c3ccccc3)n(-c3ccc4c5c(cccc35)-c3ccccc3-4)c3ccccc23)cc1. The largest absolute Gasteiger partial charge is 0.308 e. The van der Waals surface area contributed by atoms with Gasteiger partial charge in [0.15, 0.2) is 0 Å². The molecular weight excluding hydrogens is 446 g/mol. The molecule has 0 radical (unpaired) electrons. The summed E-state index contributed by atoms with van der Waals surface area (Å²) >= 11 is 0. The molecule has 0 unspecified atom stereocenters. The molecule has 0 spiro atoms. The minimum absolute atomic E-state index is 1.21. The van der Waals surface area contributed by atoms with Gasteiger partial charge in [-0.05, 0) is 50.9 Å². The predicted octanol–water partition coefficient (Wildman–Crippen LogP) is 9.77. The fraction of sp³-hybridized carbons (Fsp3) is 0. The molecule has 1 heteroatoms. The first-order chi connectivity index (χ1) is 18.4. The zero-order chi connectivity index (χ0) is 24.3. The van der Waals surface area contributed by atoms with Gasteiger partial charge < -0.3 is 4.57 Å². The van der Waals surface area contributed by atoms with Crippen LogP contribution in [0.2, 0.25) is 0 Å². The van der Waals surface area contributed by atoms with Gasteiger partial charge in [-0.1, -0.05) is 127 Å². The predicted molar refractivity (Wildman–Crippen MR) is 156 cm³/mol. The smallest absolute Gasteiger partial charge is 0.0619 e. The fourth-order valence-electron chi connectivity index (χ4n) is 6.24. The summed E-state index contributed by atoms with van der Waals surface area (Å²) in [5.41, 5.74) is 12.7. The molecule has 1 aromatic heterocycles. The van der Waals surface area contributed by atoms with Gasteiger partial charge in [0.25, 0.3) is 0 Å². The summed E-state index contributed by atoms with van der Waals surface area (Å²) in [4.78, 5) is 0. The first kappa shape index (κ1) is 20.3. The van der Waals surface area contributed by atoms with Gasteiger partial charge in [-0.25, -0.2) is 0 Å². The van der Waals surface area contributed by atoms with Crippen LogP contribution in [0.1, 0.15) is 0 Å². The average molecular weight is 470 g/mol. The van der Waals surface area contributed by atoms with Crippen LogP contribution in [0, 0.1) is 0 Å². The molecule has 1 heterocycles. The molecule has 0 atom stereocenters. The van der Waals surface area contributed by atoms with Crippen LogP contribution in [-0.4, -0.2) is 4.57 Å². The van der Waals surface area contributed by atoms with Gasteiger partial charge in [0.2, 0.25) is 0 Å². The Kier molecular flexibility index (Phi) is 4.29. The molecular formula is C36H23N. The molecule has 0 N–H and O–H groups in total. The van der Waals surface area contributed by atoms with E-state index in [1.165, 1.54) is 72.0 Å². The first-order valence-electron chi connectivity index (χ1n) is 12.8. The van der Waals surface area contributed by atoms with Crippen molar-refractivity contribution in [1.82, 2.24) is 4.57 Å². The molecule has 1 aliphatic carbocycles. The number of fused-ring (bicyclic) bond motifs is 4. The standard InChI is InChI=1S/C36H23N/c1-3-12-24(13-4-1)34-30-18-9-10-21-32(30)37(36(34)25-14-5-2-6-15-25)33-23-22-29-27-17-8-7-16-26(27)28-19-11-20-31(33)35(28)29/h1-23H. The number of rotatable bonds is 3. The molecule has 0 saturated carbocycles. The summed E-state index contributed by atoms with van der Waals surface area (Å²) < 4.78 is 2.48. The molecule has 0 fully saturated rings. The van der Waals surface area contributed by atoms with Gasteiger partial charge in [-0.3, -0.25) is 0 Å². The Morgan fingerprint density at radius 3 is 1.70 bits per heavy atom. The molecule has 172 valence electrons. The Morgan fingerprint density at radius 2 is 0.946 bits per heavy atom. The lowest BCUT2D eigenvalue weighted by atomic mass is 9.98. The maximum atomic E-state index is 2.48. The minimum Gasteiger partial charge on any atom is -0.308 e. The van der Waals surface area contributed by atoms with Crippen LogP contribution in [0.5, 0.6) is 0 Å². The summed E-state index contributed by atoms with van der Waals surface area (Å²) in [5, 5.41) is 3.89. The fourth-order valence-corrected chi connectivity index (χ4v) is 6.24. The monoisotopic (exact) mass is 469 g/mol. The number of para-hydroxylation sites is 1. The molecule has 1 nitrogen and oxygen atoms in total. The first-order valence-corrected chi connectivity index (χ1v) is 12.8. The summed E-state index contributed by atoms with van der Waals surface area (Å²) in [7, 11) is 0. The van der Waals surface area contributed by atoms with E-state index in [0.29, 0.717) is 0 Å². The highest BCUT2D eigenvalue weighted by Crippen LogP contribution is 2.50. The summed E-state index contributed by atoms with van der Waals surface area (Å²) in [5.74, 6) is 0. The molecule has 8 rings (SSSR count). The molecule has 6 aromatic carbocycles. The molecule has 0 bridgehead atoms. The highest BCUT2D eigenvalue weighted by Gasteiger charge is 2.25. The van der Waals surface area contributed by atoms with E-state index >= 15 is 0 Å². The van der Waals surface area contributed by atoms with E-state index in [1.54, 1.807) is 0 Å². The lowest BCUT2D eigenvalue weighted by molar-refractivity contribution is 1.15. The Bertz CT molecular complexity index is 1930. The Labute approximate surface area is 215 Å². The van der Waals surface area contributed by atoms with Crippen LogP contribution >= 0.6 is 0 Å². The number of hydrogen-bond acceptors (Lipinski definition) is 0. The number of aromatic nitrogens is 1. The topological polar surface area (TPSA) is 4.93 Å². The van der Waals surface area contributed by atoms with E-state index in [-0.39, 0.29) is 0 Å². The van der Waals surface area contributed by atoms with Gasteiger partial charge in [0.1, 0.15) is 0 Å². The van der Waals surface area contributed by atoms with Crippen molar-refractivity contribution in [2.45, 2.75) is 0 Å². The van der Waals surface area contributed by atoms with E-state index < -0.39 is 0 Å². The zero-order valence-electron chi connectivity index (χ0n) is 20.2. The Hall–Kier alpha value is -4.88. The van der Waals surface area contributed by atoms with Crippen LogP contribution in [0.15, 0.2) is 140 Å². The van der Waals surface area contributed by atoms with Gasteiger partial charge in [-0.2, -0.15) is 0 Å². The maximum absolute atomic E-state index is 2.48. The second kappa shape index (κ2) is 7.81. The van der Waals surface area contributed by atoms with Crippen molar-refractivity contribution in [3.8, 4) is 50.3 Å². The van der Waals surface area contributed by atoms with E-state index in [0.717, 1.165) is 0 Å². The van der Waals surface area contributed by atoms with Crippen molar-refractivity contribution in [2.75, 3.05) is 0 Å². The second-order valence-electron chi connectivity index (χ2n) is 9.71. The van der Waals surface area contributed by atoms with Crippen molar-refractivity contribution >= 4 is 21.7 Å². The van der Waals surface area contributed by atoms with E-state index in [1.807, 2.05) is 0 Å². The highest BCUT2D eigenvalue weighted by atomic mass is 15.0. The molecule has 7 aromatic rings. The summed E-state index contributed by atoms with van der Waals surface area (Å²) in [6.45, 7) is 0. The van der Waals surface area contributed by atoms with Crippen molar-refractivity contribution in [2.24, 2.45) is 0 Å². The quantitative estimate of drug-likeness (QED) is 0.243. The third-order valence-corrected chi connectivity index (χ3v) is 7.75. The van der Waals surface area contributed by atoms with Crippen LogP contribution in [0.25, 0.3) is 72.0 Å². The third-order valence-electron chi connectivity index (χ3n) is 7.75. The van der Waals surface area contributed by atoms with Crippen molar-refractivity contribution < 1.29 is 0 Å². The van der Waals surface area contributed by atoms with Gasteiger partial charge in [-0.15, -0.1) is 0 Å². The van der Waals surface area contributed by atoms with Gasteiger partial charge >= 0.3 is 0 Å². The molecule has 37 heavy (non-hydrogen) atoms. The normalized spacial score (nSPS) is 11.8. The molecule has 0 amide bonds. The number of nitrogens with zero attached hydrogens (tertiary/aromatic N) is 1. The van der Waals surface area contributed by atoms with Crippen molar-refractivity contribution in [1.29, 1.82) is 0 Å². The lowest BCUT2D eigenvalue weighted by Crippen LogP contribution is -1.99. The minimum atomic E-state index is 1.21. The maximum Gasteiger partial charge on any atom is 0.0619 e. The van der Waals surface area contributed by atoms with E-state index in [4.69, 9.17) is 0 Å². The van der Waals surface area contributed by atoms with Gasteiger partial charge in [0.05, 0.1) is 16.9 Å². The van der Waals surface area contributed by atoms with Crippen LogP contribution in [-0.2, 0) is 0 Å².